The average molecular weight is 306 g/mol. The molecule has 0 bridgehead atoms. The normalized spacial score (nSPS) is 10.3. The van der Waals surface area contributed by atoms with E-state index < -0.39 is 0 Å². The molecule has 1 aromatic carbocycles. The molecule has 1 aromatic rings. The lowest BCUT2D eigenvalue weighted by Crippen LogP contribution is -2.12. The summed E-state index contributed by atoms with van der Waals surface area (Å²) in [5, 5.41) is 2.90. The maximum atomic E-state index is 11.8. The van der Waals surface area contributed by atoms with Crippen LogP contribution in [0.25, 0.3) is 0 Å². The lowest BCUT2D eigenvalue weighted by Gasteiger charge is -2.06. The molecule has 0 saturated carbocycles. The SMILES string of the molecule is CCCCCCCCCC(=O)Nc1ccc(C(N)=S)cc1. The van der Waals surface area contributed by atoms with Crippen LogP contribution in [0.1, 0.15) is 63.9 Å². The van der Waals surface area contributed by atoms with Gasteiger partial charge in [-0.2, -0.15) is 0 Å². The third kappa shape index (κ3) is 7.81. The molecule has 3 nitrogen and oxygen atoms in total. The first-order chi connectivity index (χ1) is 10.1. The highest BCUT2D eigenvalue weighted by Gasteiger charge is 2.03. The molecule has 0 aliphatic rings. The van der Waals surface area contributed by atoms with Gasteiger partial charge in [0, 0.05) is 17.7 Å². The average Bonchev–Trinajstić information content (AvgIpc) is 2.47. The van der Waals surface area contributed by atoms with Crippen LogP contribution in [-0.4, -0.2) is 10.9 Å². The highest BCUT2D eigenvalue weighted by atomic mass is 32.1. The lowest BCUT2D eigenvalue weighted by atomic mass is 10.1. The van der Waals surface area contributed by atoms with E-state index in [2.05, 4.69) is 12.2 Å². The molecular weight excluding hydrogens is 280 g/mol. The van der Waals surface area contributed by atoms with Crippen LogP contribution < -0.4 is 11.1 Å². The van der Waals surface area contributed by atoms with Gasteiger partial charge >= 0.3 is 0 Å². The van der Waals surface area contributed by atoms with E-state index in [0.717, 1.165) is 24.1 Å². The fraction of sp³-hybridized carbons (Fsp3) is 0.529. The highest BCUT2D eigenvalue weighted by Crippen LogP contribution is 2.12. The number of carbonyl (C=O) groups excluding carboxylic acids is 1. The predicted octanol–water partition coefficient (Wildman–Crippen LogP) is 4.40. The van der Waals surface area contributed by atoms with Crippen molar-refractivity contribution in [3.63, 3.8) is 0 Å². The van der Waals surface area contributed by atoms with Gasteiger partial charge in [0.15, 0.2) is 0 Å². The molecule has 1 rings (SSSR count). The van der Waals surface area contributed by atoms with Gasteiger partial charge in [-0.25, -0.2) is 0 Å². The number of nitrogens with two attached hydrogens (primary N) is 1. The third-order valence-electron chi connectivity index (χ3n) is 3.46. The predicted molar refractivity (Wildman–Crippen MR) is 93.6 cm³/mol. The maximum absolute atomic E-state index is 11.8. The summed E-state index contributed by atoms with van der Waals surface area (Å²) in [5.74, 6) is 0.0756. The first-order valence-corrected chi connectivity index (χ1v) is 8.24. The number of anilines is 1. The first-order valence-electron chi connectivity index (χ1n) is 7.83. The summed E-state index contributed by atoms with van der Waals surface area (Å²) in [6, 6.07) is 7.31. The molecule has 21 heavy (non-hydrogen) atoms. The van der Waals surface area contributed by atoms with Crippen LogP contribution in [0.2, 0.25) is 0 Å². The van der Waals surface area contributed by atoms with Gasteiger partial charge in [-0.3, -0.25) is 4.79 Å². The van der Waals surface area contributed by atoms with Crippen molar-refractivity contribution in [1.82, 2.24) is 0 Å². The van der Waals surface area contributed by atoms with Crippen LogP contribution in [0.4, 0.5) is 5.69 Å². The summed E-state index contributed by atoms with van der Waals surface area (Å²) >= 11 is 4.89. The Bertz CT molecular complexity index is 443. The second kappa shape index (κ2) is 10.3. The number of benzene rings is 1. The van der Waals surface area contributed by atoms with Gasteiger partial charge in [-0.1, -0.05) is 57.7 Å². The van der Waals surface area contributed by atoms with Crippen molar-refractivity contribution in [2.75, 3.05) is 5.32 Å². The molecule has 0 saturated heterocycles. The number of hydrogen-bond donors (Lipinski definition) is 2. The van der Waals surface area contributed by atoms with Gasteiger partial charge in [-0.05, 0) is 30.7 Å². The molecule has 0 unspecified atom stereocenters. The van der Waals surface area contributed by atoms with E-state index in [0.29, 0.717) is 11.4 Å². The summed E-state index contributed by atoms with van der Waals surface area (Å²) < 4.78 is 0. The molecule has 0 atom stereocenters. The van der Waals surface area contributed by atoms with Crippen LogP contribution in [0, 0.1) is 0 Å². The monoisotopic (exact) mass is 306 g/mol. The molecule has 0 aliphatic carbocycles. The van der Waals surface area contributed by atoms with Crippen molar-refractivity contribution in [2.45, 2.75) is 58.3 Å². The van der Waals surface area contributed by atoms with Crippen LogP contribution in [0.15, 0.2) is 24.3 Å². The molecule has 0 heterocycles. The molecule has 0 aliphatic heterocycles. The molecule has 116 valence electrons. The van der Waals surface area contributed by atoms with Gasteiger partial charge in [0.2, 0.25) is 5.91 Å². The van der Waals surface area contributed by atoms with E-state index >= 15 is 0 Å². The van der Waals surface area contributed by atoms with Crippen molar-refractivity contribution in [1.29, 1.82) is 0 Å². The van der Waals surface area contributed by atoms with Crippen molar-refractivity contribution in [3.8, 4) is 0 Å². The zero-order chi connectivity index (χ0) is 15.5. The largest absolute Gasteiger partial charge is 0.389 e. The summed E-state index contributed by atoms with van der Waals surface area (Å²) in [6.07, 6.45) is 9.12. The first kappa shape index (κ1) is 17.6. The van der Waals surface area contributed by atoms with E-state index in [-0.39, 0.29) is 5.91 Å². The number of amides is 1. The van der Waals surface area contributed by atoms with Crippen LogP contribution in [0.3, 0.4) is 0 Å². The quantitative estimate of drug-likeness (QED) is 0.497. The zero-order valence-corrected chi connectivity index (χ0v) is 13.7. The maximum Gasteiger partial charge on any atom is 0.224 e. The number of carbonyl (C=O) groups is 1. The topological polar surface area (TPSA) is 55.1 Å². The van der Waals surface area contributed by atoms with E-state index in [1.165, 1.54) is 32.1 Å². The Morgan fingerprint density at radius 2 is 1.62 bits per heavy atom. The van der Waals surface area contributed by atoms with Crippen molar-refractivity contribution < 1.29 is 4.79 Å². The second-order valence-electron chi connectivity index (χ2n) is 5.36. The minimum atomic E-state index is 0.0756. The second-order valence-corrected chi connectivity index (χ2v) is 5.80. The molecule has 3 N–H and O–H groups in total. The van der Waals surface area contributed by atoms with E-state index in [1.54, 1.807) is 0 Å². The highest BCUT2D eigenvalue weighted by molar-refractivity contribution is 7.80. The number of nitrogens with one attached hydrogen (secondary N) is 1. The molecule has 0 radical (unpaired) electrons. The smallest absolute Gasteiger partial charge is 0.224 e. The summed E-state index contributed by atoms with van der Waals surface area (Å²) in [7, 11) is 0. The standard InChI is InChI=1S/C17H26N2OS/c1-2-3-4-5-6-7-8-9-16(20)19-15-12-10-14(11-13-15)17(18)21/h10-13H,2-9H2,1H3,(H2,18,21)(H,19,20). The Morgan fingerprint density at radius 1 is 1.05 bits per heavy atom. The van der Waals surface area contributed by atoms with Crippen LogP contribution >= 0.6 is 12.2 Å². The third-order valence-corrected chi connectivity index (χ3v) is 3.70. The van der Waals surface area contributed by atoms with Gasteiger partial charge < -0.3 is 11.1 Å². The number of thiocarbonyl (C=S) groups is 1. The number of unbranched alkanes of at least 4 members (excludes halogenated alkanes) is 6. The molecule has 0 spiro atoms. The Morgan fingerprint density at radius 3 is 2.19 bits per heavy atom. The summed E-state index contributed by atoms with van der Waals surface area (Å²) in [5.41, 5.74) is 7.14. The number of hydrogen-bond acceptors (Lipinski definition) is 2. The van der Waals surface area contributed by atoms with Crippen molar-refractivity contribution in [2.24, 2.45) is 5.73 Å². The van der Waals surface area contributed by atoms with Crippen LogP contribution in [-0.2, 0) is 4.79 Å². The fourth-order valence-electron chi connectivity index (χ4n) is 2.18. The Labute approximate surface area is 133 Å². The Hall–Kier alpha value is -1.42. The Kier molecular flexibility index (Phi) is 8.67. The zero-order valence-electron chi connectivity index (χ0n) is 12.9. The summed E-state index contributed by atoms with van der Waals surface area (Å²) in [4.78, 5) is 12.2. The Balaban J connectivity index is 2.17. The molecule has 0 fully saturated rings. The van der Waals surface area contributed by atoms with Gasteiger partial charge in [0.05, 0.1) is 0 Å². The van der Waals surface area contributed by atoms with Crippen molar-refractivity contribution >= 4 is 28.8 Å². The van der Waals surface area contributed by atoms with Gasteiger partial charge in [-0.15, -0.1) is 0 Å². The number of rotatable bonds is 10. The molecule has 0 aromatic heterocycles. The lowest BCUT2D eigenvalue weighted by molar-refractivity contribution is -0.116. The van der Waals surface area contributed by atoms with Gasteiger partial charge in [0.25, 0.3) is 0 Å². The van der Waals surface area contributed by atoms with E-state index in [1.807, 2.05) is 24.3 Å². The summed E-state index contributed by atoms with van der Waals surface area (Å²) in [6.45, 7) is 2.22. The minimum Gasteiger partial charge on any atom is -0.389 e. The molecule has 4 heteroatoms. The molecular formula is C17H26N2OS. The van der Waals surface area contributed by atoms with E-state index in [4.69, 9.17) is 18.0 Å². The van der Waals surface area contributed by atoms with Crippen LogP contribution in [0.5, 0.6) is 0 Å². The fourth-order valence-corrected chi connectivity index (χ4v) is 2.32. The van der Waals surface area contributed by atoms with Gasteiger partial charge in [0.1, 0.15) is 4.99 Å². The van der Waals surface area contributed by atoms with Crippen molar-refractivity contribution in [3.05, 3.63) is 29.8 Å². The minimum absolute atomic E-state index is 0.0756. The van der Waals surface area contributed by atoms with E-state index in [9.17, 15) is 4.79 Å². The molecule has 1 amide bonds.